The fraction of sp³-hybridized carbons (Fsp3) is 0.154. The summed E-state index contributed by atoms with van der Waals surface area (Å²) < 4.78 is 5.47. The lowest BCUT2D eigenvalue weighted by atomic mass is 9.98. The molecule has 154 valence electrons. The molecule has 3 aromatic carbocycles. The van der Waals surface area contributed by atoms with Crippen molar-refractivity contribution in [3.63, 3.8) is 0 Å². The second-order valence-corrected chi connectivity index (χ2v) is 7.32. The molecule has 0 unspecified atom stereocenters. The van der Waals surface area contributed by atoms with Gasteiger partial charge in [-0.25, -0.2) is 9.59 Å². The van der Waals surface area contributed by atoms with Crippen LogP contribution in [0.2, 0.25) is 0 Å². The lowest BCUT2D eigenvalue weighted by molar-refractivity contribution is 0.0696. The van der Waals surface area contributed by atoms with E-state index in [9.17, 15) is 9.59 Å². The van der Waals surface area contributed by atoms with Crippen molar-refractivity contribution in [1.82, 2.24) is 5.32 Å². The third kappa shape index (κ3) is 4.29. The van der Waals surface area contributed by atoms with Crippen LogP contribution in [0.25, 0.3) is 11.1 Å². The van der Waals surface area contributed by atoms with E-state index < -0.39 is 12.1 Å². The fourth-order valence-corrected chi connectivity index (χ4v) is 3.79. The topological polar surface area (TPSA) is 75.6 Å². The second kappa shape index (κ2) is 8.76. The van der Waals surface area contributed by atoms with Crippen molar-refractivity contribution in [2.75, 3.05) is 13.2 Å². The van der Waals surface area contributed by atoms with Gasteiger partial charge in [0.1, 0.15) is 6.61 Å². The summed E-state index contributed by atoms with van der Waals surface area (Å²) in [6.07, 6.45) is -0.535. The number of ether oxygens (including phenoxy) is 1. The molecule has 3 aromatic rings. The summed E-state index contributed by atoms with van der Waals surface area (Å²) in [4.78, 5) is 23.3. The average molecular weight is 411 g/mol. The van der Waals surface area contributed by atoms with Crippen LogP contribution in [0.4, 0.5) is 4.79 Å². The SMILES string of the molecule is Cc1ccc(C(=O)O)cc1C#CCNC(=O)OCC1c2ccccc2-c2ccccc21. The first-order valence-corrected chi connectivity index (χ1v) is 9.96. The van der Waals surface area contributed by atoms with Crippen LogP contribution in [0.1, 0.15) is 38.5 Å². The molecule has 5 nitrogen and oxygen atoms in total. The molecule has 0 heterocycles. The Morgan fingerprint density at radius 3 is 2.29 bits per heavy atom. The normalized spacial score (nSPS) is 11.6. The van der Waals surface area contributed by atoms with Crippen molar-refractivity contribution in [1.29, 1.82) is 0 Å². The van der Waals surface area contributed by atoms with Crippen LogP contribution < -0.4 is 5.32 Å². The Morgan fingerprint density at radius 2 is 1.65 bits per heavy atom. The van der Waals surface area contributed by atoms with Gasteiger partial charge in [0.2, 0.25) is 0 Å². The van der Waals surface area contributed by atoms with Crippen LogP contribution in [0, 0.1) is 18.8 Å². The lowest BCUT2D eigenvalue weighted by Crippen LogP contribution is -2.26. The van der Waals surface area contributed by atoms with Gasteiger partial charge >= 0.3 is 12.1 Å². The van der Waals surface area contributed by atoms with Gasteiger partial charge in [0, 0.05) is 11.5 Å². The van der Waals surface area contributed by atoms with Gasteiger partial charge in [-0.15, -0.1) is 0 Å². The zero-order valence-corrected chi connectivity index (χ0v) is 17.0. The number of carbonyl (C=O) groups excluding carboxylic acids is 1. The highest BCUT2D eigenvalue weighted by Gasteiger charge is 2.28. The van der Waals surface area contributed by atoms with E-state index in [0.717, 1.165) is 16.7 Å². The molecule has 0 fully saturated rings. The summed E-state index contributed by atoms with van der Waals surface area (Å²) in [6.45, 7) is 2.20. The van der Waals surface area contributed by atoms with Crippen LogP contribution in [0.3, 0.4) is 0 Å². The molecule has 0 bridgehead atoms. The summed E-state index contributed by atoms with van der Waals surface area (Å²) in [6, 6.07) is 21.1. The van der Waals surface area contributed by atoms with Crippen LogP contribution >= 0.6 is 0 Å². The highest BCUT2D eigenvalue weighted by molar-refractivity contribution is 5.88. The molecule has 0 aromatic heterocycles. The zero-order valence-electron chi connectivity index (χ0n) is 17.0. The van der Waals surface area contributed by atoms with Crippen LogP contribution in [0.5, 0.6) is 0 Å². The van der Waals surface area contributed by atoms with Gasteiger partial charge in [0.15, 0.2) is 0 Å². The third-order valence-corrected chi connectivity index (χ3v) is 5.37. The molecule has 0 atom stereocenters. The minimum absolute atomic E-state index is 0.00522. The molecule has 1 aliphatic rings. The Bertz CT molecular complexity index is 1170. The van der Waals surface area contributed by atoms with Crippen LogP contribution in [-0.2, 0) is 4.74 Å². The molecular formula is C26H21NO4. The first kappa shape index (κ1) is 20.2. The van der Waals surface area contributed by atoms with Gasteiger partial charge in [0.25, 0.3) is 0 Å². The molecule has 0 spiro atoms. The number of hydrogen-bond donors (Lipinski definition) is 2. The van der Waals surface area contributed by atoms with Crippen molar-refractivity contribution in [3.8, 4) is 23.0 Å². The van der Waals surface area contributed by atoms with E-state index in [1.165, 1.54) is 23.3 Å². The Balaban J connectivity index is 1.36. The van der Waals surface area contributed by atoms with Gasteiger partial charge in [-0.1, -0.05) is 66.4 Å². The molecular weight excluding hydrogens is 390 g/mol. The van der Waals surface area contributed by atoms with E-state index in [1.807, 2.05) is 31.2 Å². The maximum absolute atomic E-state index is 12.2. The van der Waals surface area contributed by atoms with Crippen molar-refractivity contribution < 1.29 is 19.4 Å². The number of carbonyl (C=O) groups is 2. The van der Waals surface area contributed by atoms with Crippen molar-refractivity contribution >= 4 is 12.1 Å². The lowest BCUT2D eigenvalue weighted by Gasteiger charge is -2.14. The largest absolute Gasteiger partial charge is 0.478 e. The third-order valence-electron chi connectivity index (χ3n) is 5.37. The van der Waals surface area contributed by atoms with E-state index in [0.29, 0.717) is 5.56 Å². The Labute approximate surface area is 180 Å². The Kier molecular flexibility index (Phi) is 5.72. The van der Waals surface area contributed by atoms with Gasteiger partial charge in [-0.2, -0.15) is 0 Å². The van der Waals surface area contributed by atoms with Gasteiger partial charge in [0.05, 0.1) is 12.1 Å². The van der Waals surface area contributed by atoms with E-state index in [2.05, 4.69) is 41.4 Å². The predicted molar refractivity (Wildman–Crippen MR) is 118 cm³/mol. The summed E-state index contributed by atoms with van der Waals surface area (Å²) >= 11 is 0. The molecule has 31 heavy (non-hydrogen) atoms. The number of benzene rings is 3. The summed E-state index contributed by atoms with van der Waals surface area (Å²) in [5.41, 5.74) is 6.34. The Hall–Kier alpha value is -4.04. The number of carboxylic acid groups (broad SMARTS) is 1. The number of amides is 1. The number of aromatic carboxylic acids is 1. The van der Waals surface area contributed by atoms with Crippen LogP contribution in [0.15, 0.2) is 66.7 Å². The van der Waals surface area contributed by atoms with Gasteiger partial charge < -0.3 is 15.2 Å². The molecule has 4 rings (SSSR count). The van der Waals surface area contributed by atoms with Crippen LogP contribution in [-0.4, -0.2) is 30.3 Å². The predicted octanol–water partition coefficient (Wildman–Crippen LogP) is 4.58. The first-order valence-electron chi connectivity index (χ1n) is 9.96. The number of fused-ring (bicyclic) bond motifs is 3. The standard InChI is InChI=1S/C26H21NO4/c1-17-12-13-19(25(28)29)15-18(17)7-6-14-27-26(30)31-16-24-22-10-4-2-8-20(22)21-9-3-5-11-23(21)24/h2-5,8-13,15,24H,14,16H2,1H3,(H,27,30)(H,28,29). The maximum Gasteiger partial charge on any atom is 0.407 e. The molecule has 0 saturated carbocycles. The molecule has 2 N–H and O–H groups in total. The van der Waals surface area contributed by atoms with Crippen molar-refractivity contribution in [3.05, 3.63) is 94.5 Å². The van der Waals surface area contributed by atoms with E-state index in [4.69, 9.17) is 9.84 Å². The number of alkyl carbamates (subject to hydrolysis) is 1. The van der Waals surface area contributed by atoms with E-state index in [1.54, 1.807) is 6.07 Å². The quantitative estimate of drug-likeness (QED) is 0.616. The summed E-state index contributed by atoms with van der Waals surface area (Å²) in [7, 11) is 0. The summed E-state index contributed by atoms with van der Waals surface area (Å²) in [5.74, 6) is 4.75. The maximum atomic E-state index is 12.2. The number of nitrogens with one attached hydrogen (secondary N) is 1. The monoisotopic (exact) mass is 411 g/mol. The molecule has 5 heteroatoms. The van der Waals surface area contributed by atoms with Crippen molar-refractivity contribution in [2.45, 2.75) is 12.8 Å². The number of hydrogen-bond acceptors (Lipinski definition) is 3. The summed E-state index contributed by atoms with van der Waals surface area (Å²) in [5, 5.41) is 11.7. The number of aryl methyl sites for hydroxylation is 1. The number of rotatable bonds is 4. The first-order chi connectivity index (χ1) is 15.0. The molecule has 1 amide bonds. The van der Waals surface area contributed by atoms with E-state index >= 15 is 0 Å². The van der Waals surface area contributed by atoms with Gasteiger partial charge in [-0.3, -0.25) is 0 Å². The van der Waals surface area contributed by atoms with Gasteiger partial charge in [-0.05, 0) is 46.9 Å². The van der Waals surface area contributed by atoms with E-state index in [-0.39, 0.29) is 24.6 Å². The molecule has 0 aliphatic heterocycles. The molecule has 1 aliphatic carbocycles. The molecule has 0 radical (unpaired) electrons. The number of carboxylic acids is 1. The minimum atomic E-state index is -1.00. The Morgan fingerprint density at radius 1 is 1.00 bits per heavy atom. The highest BCUT2D eigenvalue weighted by Crippen LogP contribution is 2.44. The second-order valence-electron chi connectivity index (χ2n) is 7.32. The minimum Gasteiger partial charge on any atom is -0.478 e. The van der Waals surface area contributed by atoms with Crippen molar-refractivity contribution in [2.24, 2.45) is 0 Å². The fourth-order valence-electron chi connectivity index (χ4n) is 3.79. The zero-order chi connectivity index (χ0) is 21.8. The molecule has 0 saturated heterocycles. The average Bonchev–Trinajstić information content (AvgIpc) is 3.10. The highest BCUT2D eigenvalue weighted by atomic mass is 16.5. The smallest absolute Gasteiger partial charge is 0.407 e.